The van der Waals surface area contributed by atoms with Gasteiger partial charge in [-0.05, 0) is 74.7 Å². The summed E-state index contributed by atoms with van der Waals surface area (Å²) in [5.41, 5.74) is 7.43. The molecular formula is C30H30N8O3. The Hall–Kier alpha value is -4.95. The number of hydrogen-bond acceptors (Lipinski definition) is 8. The minimum absolute atomic E-state index is 0.0272. The number of imidazole rings is 1. The van der Waals surface area contributed by atoms with Gasteiger partial charge in [0.25, 0.3) is 5.91 Å². The smallest absolute Gasteiger partial charge is 0.335 e. The fourth-order valence-corrected chi connectivity index (χ4v) is 5.66. The van der Waals surface area contributed by atoms with E-state index in [4.69, 9.17) is 10.5 Å². The number of nitriles is 1. The Morgan fingerprint density at radius 3 is 2.61 bits per heavy atom. The van der Waals surface area contributed by atoms with Crippen LogP contribution < -0.4 is 21.5 Å². The molecule has 2 fully saturated rings. The third-order valence-electron chi connectivity index (χ3n) is 7.66. The molecule has 2 saturated heterocycles. The minimum Gasteiger partial charge on any atom is -0.457 e. The molecule has 2 atom stereocenters. The summed E-state index contributed by atoms with van der Waals surface area (Å²) in [5, 5.41) is 13.1. The van der Waals surface area contributed by atoms with Gasteiger partial charge in [0.2, 0.25) is 0 Å². The van der Waals surface area contributed by atoms with Crippen LogP contribution in [0.25, 0.3) is 16.9 Å². The Kier molecular flexibility index (Phi) is 7.22. The van der Waals surface area contributed by atoms with E-state index in [1.54, 1.807) is 39.8 Å². The highest BCUT2D eigenvalue weighted by molar-refractivity contribution is 5.97. The molecule has 0 bridgehead atoms. The van der Waals surface area contributed by atoms with E-state index in [1.807, 2.05) is 30.3 Å². The summed E-state index contributed by atoms with van der Waals surface area (Å²) >= 11 is 0. The van der Waals surface area contributed by atoms with Crippen molar-refractivity contribution >= 4 is 22.9 Å². The number of rotatable bonds is 7. The van der Waals surface area contributed by atoms with Crippen LogP contribution in [0.3, 0.4) is 0 Å². The van der Waals surface area contributed by atoms with E-state index < -0.39 is 0 Å². The van der Waals surface area contributed by atoms with Crippen LogP contribution in [0.2, 0.25) is 0 Å². The van der Waals surface area contributed by atoms with Crippen LogP contribution in [-0.2, 0) is 11.3 Å². The third-order valence-corrected chi connectivity index (χ3v) is 7.66. The molecule has 11 nitrogen and oxygen atoms in total. The Bertz CT molecular complexity index is 1700. The molecular weight excluding hydrogens is 520 g/mol. The average Bonchev–Trinajstić information content (AvgIpc) is 3.74. The number of benzene rings is 2. The highest BCUT2D eigenvalue weighted by atomic mass is 16.5. The van der Waals surface area contributed by atoms with Crippen molar-refractivity contribution in [2.75, 3.05) is 18.8 Å². The fraction of sp³-hybridized carbons (Fsp3) is 0.300. The maximum atomic E-state index is 13.9. The standard InChI is InChI=1S/C30H30N8O3/c31-17-20(16-21-6-4-14-33-21)29(39)36-15-5-7-23(36)18-37-28-26(27(32)34-19-35-28)38(30(37)40)22-10-12-25(13-11-22)41-24-8-2-1-3-9-24/h1-3,8-13,16,19,21,23,33H,4-7,14-15,18H2,(H2,32,34,35)/b20-16+. The summed E-state index contributed by atoms with van der Waals surface area (Å²) in [4.78, 5) is 37.6. The first-order chi connectivity index (χ1) is 20.0. The number of hydrogen-bond donors (Lipinski definition) is 2. The summed E-state index contributed by atoms with van der Waals surface area (Å²) < 4.78 is 8.94. The van der Waals surface area contributed by atoms with Gasteiger partial charge in [0.15, 0.2) is 11.5 Å². The number of nitrogens with two attached hydrogens (primary N) is 1. The molecule has 208 valence electrons. The zero-order valence-corrected chi connectivity index (χ0v) is 22.4. The topological polar surface area (TPSA) is 144 Å². The second-order valence-corrected chi connectivity index (χ2v) is 10.3. The highest BCUT2D eigenvalue weighted by Gasteiger charge is 2.33. The number of nitrogens with one attached hydrogen (secondary N) is 1. The molecule has 1 amide bonds. The van der Waals surface area contributed by atoms with Gasteiger partial charge in [-0.1, -0.05) is 18.2 Å². The minimum atomic E-state index is -0.338. The lowest BCUT2D eigenvalue weighted by atomic mass is 10.1. The molecule has 11 heteroatoms. The first kappa shape index (κ1) is 26.3. The van der Waals surface area contributed by atoms with Crippen molar-refractivity contribution in [1.29, 1.82) is 5.26 Å². The van der Waals surface area contributed by atoms with E-state index in [1.165, 1.54) is 10.9 Å². The largest absolute Gasteiger partial charge is 0.457 e. The second kappa shape index (κ2) is 11.3. The molecule has 2 aliphatic rings. The predicted octanol–water partition coefficient (Wildman–Crippen LogP) is 3.15. The van der Waals surface area contributed by atoms with E-state index in [9.17, 15) is 14.9 Å². The maximum Gasteiger partial charge on any atom is 0.335 e. The molecule has 3 N–H and O–H groups in total. The van der Waals surface area contributed by atoms with Crippen molar-refractivity contribution in [1.82, 2.24) is 29.3 Å². The zero-order chi connectivity index (χ0) is 28.3. The normalized spacial score (nSPS) is 19.0. The zero-order valence-electron chi connectivity index (χ0n) is 22.4. The molecule has 0 saturated carbocycles. The van der Waals surface area contributed by atoms with Crippen LogP contribution in [0, 0.1) is 11.3 Å². The molecule has 0 spiro atoms. The van der Waals surface area contributed by atoms with Crippen LogP contribution in [0.4, 0.5) is 5.82 Å². The molecule has 41 heavy (non-hydrogen) atoms. The number of ether oxygens (including phenoxy) is 1. The van der Waals surface area contributed by atoms with E-state index in [0.29, 0.717) is 41.3 Å². The number of carbonyl (C=O) groups is 1. The summed E-state index contributed by atoms with van der Waals surface area (Å²) in [6, 6.07) is 18.4. The van der Waals surface area contributed by atoms with Crippen molar-refractivity contribution in [3.05, 3.63) is 83.1 Å². The quantitative estimate of drug-likeness (QED) is 0.264. The second-order valence-electron chi connectivity index (χ2n) is 10.3. The van der Waals surface area contributed by atoms with Gasteiger partial charge >= 0.3 is 5.69 Å². The van der Waals surface area contributed by atoms with Crippen molar-refractivity contribution in [2.45, 2.75) is 44.3 Å². The molecule has 2 unspecified atom stereocenters. The number of anilines is 1. The fourth-order valence-electron chi connectivity index (χ4n) is 5.66. The lowest BCUT2D eigenvalue weighted by molar-refractivity contribution is -0.127. The number of nitrogens with zero attached hydrogens (tertiary/aromatic N) is 6. The molecule has 2 aliphatic heterocycles. The van der Waals surface area contributed by atoms with E-state index in [2.05, 4.69) is 21.4 Å². The van der Waals surface area contributed by atoms with Crippen LogP contribution in [-0.4, -0.2) is 55.1 Å². The first-order valence-corrected chi connectivity index (χ1v) is 13.7. The van der Waals surface area contributed by atoms with E-state index in [0.717, 1.165) is 25.8 Å². The number of para-hydroxylation sites is 1. The van der Waals surface area contributed by atoms with E-state index >= 15 is 0 Å². The van der Waals surface area contributed by atoms with E-state index in [-0.39, 0.29) is 41.6 Å². The van der Waals surface area contributed by atoms with Crippen LogP contribution in [0.1, 0.15) is 25.7 Å². The van der Waals surface area contributed by atoms with Gasteiger partial charge in [-0.25, -0.2) is 14.8 Å². The van der Waals surface area contributed by atoms with Gasteiger partial charge in [0.05, 0.1) is 11.7 Å². The molecule has 2 aromatic carbocycles. The summed E-state index contributed by atoms with van der Waals surface area (Å²) in [6.07, 6.45) is 6.47. The van der Waals surface area contributed by atoms with Crippen LogP contribution >= 0.6 is 0 Å². The average molecular weight is 551 g/mol. The van der Waals surface area contributed by atoms with Crippen molar-refractivity contribution in [3.63, 3.8) is 0 Å². The van der Waals surface area contributed by atoms with Crippen molar-refractivity contribution in [2.24, 2.45) is 0 Å². The maximum absolute atomic E-state index is 13.9. The van der Waals surface area contributed by atoms with Gasteiger partial charge in [-0.15, -0.1) is 0 Å². The Morgan fingerprint density at radius 1 is 1.10 bits per heavy atom. The molecule has 4 heterocycles. The van der Waals surface area contributed by atoms with Crippen LogP contribution in [0.5, 0.6) is 11.5 Å². The van der Waals surface area contributed by atoms with Gasteiger partial charge < -0.3 is 20.7 Å². The molecule has 6 rings (SSSR count). The highest BCUT2D eigenvalue weighted by Crippen LogP contribution is 2.27. The van der Waals surface area contributed by atoms with Gasteiger partial charge in [-0.3, -0.25) is 13.9 Å². The number of fused-ring (bicyclic) bond motifs is 1. The predicted molar refractivity (Wildman–Crippen MR) is 154 cm³/mol. The third kappa shape index (κ3) is 5.17. The molecule has 0 radical (unpaired) electrons. The number of likely N-dealkylation sites (tertiary alicyclic amines) is 1. The summed E-state index contributed by atoms with van der Waals surface area (Å²) in [6.45, 7) is 1.62. The lowest BCUT2D eigenvalue weighted by Crippen LogP contribution is -2.41. The monoisotopic (exact) mass is 550 g/mol. The lowest BCUT2D eigenvalue weighted by Gasteiger charge is -2.25. The first-order valence-electron chi connectivity index (χ1n) is 13.7. The number of nitrogen functional groups attached to an aromatic ring is 1. The number of carbonyl (C=O) groups excluding carboxylic acids is 1. The van der Waals surface area contributed by atoms with Crippen LogP contribution in [0.15, 0.2) is 77.4 Å². The number of amides is 1. The molecule has 2 aromatic heterocycles. The Balaban J connectivity index is 1.31. The molecule has 4 aromatic rings. The van der Waals surface area contributed by atoms with Gasteiger partial charge in [0, 0.05) is 19.1 Å². The molecule has 0 aliphatic carbocycles. The SMILES string of the molecule is N#C/C(=C\C1CCCN1)C(=O)N1CCCC1Cn1c(=O)n(-c2ccc(Oc3ccccc3)cc2)c2c(N)ncnc21. The van der Waals surface area contributed by atoms with Gasteiger partial charge in [-0.2, -0.15) is 5.26 Å². The van der Waals surface area contributed by atoms with Crippen molar-refractivity contribution in [3.8, 4) is 23.3 Å². The van der Waals surface area contributed by atoms with Crippen molar-refractivity contribution < 1.29 is 9.53 Å². The Labute approximate surface area is 236 Å². The summed E-state index contributed by atoms with van der Waals surface area (Å²) in [5.74, 6) is 1.20. The van der Waals surface area contributed by atoms with Gasteiger partial charge in [0.1, 0.15) is 35.0 Å². The summed E-state index contributed by atoms with van der Waals surface area (Å²) in [7, 11) is 0. The number of aromatic nitrogens is 4. The Morgan fingerprint density at radius 2 is 1.88 bits per heavy atom.